The van der Waals surface area contributed by atoms with Crippen molar-refractivity contribution in [3.05, 3.63) is 59.1 Å². The second-order valence-corrected chi connectivity index (χ2v) is 9.50. The van der Waals surface area contributed by atoms with Gasteiger partial charge in [0.25, 0.3) is 0 Å². The van der Waals surface area contributed by atoms with Crippen LogP contribution in [-0.4, -0.2) is 45.7 Å². The Kier molecular flexibility index (Phi) is 6.48. The van der Waals surface area contributed by atoms with Gasteiger partial charge in [0.15, 0.2) is 11.0 Å². The normalized spacial score (nSPS) is 18.0. The van der Waals surface area contributed by atoms with Gasteiger partial charge in [-0.1, -0.05) is 41.6 Å². The van der Waals surface area contributed by atoms with E-state index >= 15 is 0 Å². The average Bonchev–Trinajstić information content (AvgIpc) is 3.48. The Morgan fingerprint density at radius 1 is 1.12 bits per heavy atom. The van der Waals surface area contributed by atoms with Gasteiger partial charge in [0.2, 0.25) is 5.91 Å². The number of amides is 1. The first kappa shape index (κ1) is 21.5. The lowest BCUT2D eigenvalue weighted by Gasteiger charge is -2.29. The fourth-order valence-corrected chi connectivity index (χ4v) is 5.31. The first-order chi connectivity index (χ1) is 15.7. The second kappa shape index (κ2) is 9.65. The number of benzene rings is 2. The maximum atomic E-state index is 13.1. The molecule has 5 rings (SSSR count). The van der Waals surface area contributed by atoms with Crippen LogP contribution in [0.1, 0.15) is 24.8 Å². The van der Waals surface area contributed by atoms with Crippen LogP contribution in [0.5, 0.6) is 0 Å². The predicted molar refractivity (Wildman–Crippen MR) is 127 cm³/mol. The molecule has 2 aromatic carbocycles. The van der Waals surface area contributed by atoms with E-state index in [9.17, 15) is 4.79 Å². The van der Waals surface area contributed by atoms with Gasteiger partial charge in [0, 0.05) is 29.4 Å². The molecule has 0 unspecified atom stereocenters. The standard InChI is InChI=1S/C24H25ClN4O2S/c25-19-11-9-18(10-12-19)23-26-27-24(29(23)15-20-7-4-14-31-20)32-16-22(30)28-13-3-6-17-5-1-2-8-21(17)28/h1-2,5,8-12,20H,3-4,6-7,13-16H2/t20-/m0/s1. The molecule has 0 N–H and O–H groups in total. The molecule has 0 bridgehead atoms. The monoisotopic (exact) mass is 468 g/mol. The van der Waals surface area contributed by atoms with Gasteiger partial charge in [0.05, 0.1) is 18.4 Å². The Balaban J connectivity index is 1.36. The summed E-state index contributed by atoms with van der Waals surface area (Å²) < 4.78 is 7.95. The van der Waals surface area contributed by atoms with Crippen LogP contribution < -0.4 is 4.90 Å². The number of nitrogens with zero attached hydrogens (tertiary/aromatic N) is 4. The number of carbonyl (C=O) groups is 1. The van der Waals surface area contributed by atoms with E-state index in [4.69, 9.17) is 16.3 Å². The van der Waals surface area contributed by atoms with Crippen LogP contribution >= 0.6 is 23.4 Å². The minimum absolute atomic E-state index is 0.0989. The molecule has 8 heteroatoms. The van der Waals surface area contributed by atoms with Gasteiger partial charge in [-0.3, -0.25) is 9.36 Å². The maximum Gasteiger partial charge on any atom is 0.237 e. The molecule has 166 valence electrons. The van der Waals surface area contributed by atoms with Crippen molar-refractivity contribution < 1.29 is 9.53 Å². The van der Waals surface area contributed by atoms with Gasteiger partial charge in [-0.15, -0.1) is 10.2 Å². The summed E-state index contributed by atoms with van der Waals surface area (Å²) in [6.07, 6.45) is 4.24. The zero-order valence-electron chi connectivity index (χ0n) is 17.7. The van der Waals surface area contributed by atoms with Crippen molar-refractivity contribution in [1.29, 1.82) is 0 Å². The smallest absolute Gasteiger partial charge is 0.237 e. The summed E-state index contributed by atoms with van der Waals surface area (Å²) in [5.41, 5.74) is 3.22. The lowest BCUT2D eigenvalue weighted by molar-refractivity contribution is -0.116. The topological polar surface area (TPSA) is 60.3 Å². The number of para-hydroxylation sites is 1. The number of thioether (sulfide) groups is 1. The molecule has 2 aliphatic heterocycles. The molecule has 0 spiro atoms. The second-order valence-electron chi connectivity index (χ2n) is 8.13. The number of anilines is 1. The molecule has 2 aliphatic rings. The highest BCUT2D eigenvalue weighted by Gasteiger charge is 2.25. The molecular weight excluding hydrogens is 444 g/mol. The molecule has 0 radical (unpaired) electrons. The van der Waals surface area contributed by atoms with Crippen molar-refractivity contribution in [3.63, 3.8) is 0 Å². The van der Waals surface area contributed by atoms with Crippen molar-refractivity contribution in [1.82, 2.24) is 14.8 Å². The number of aryl methyl sites for hydroxylation is 1. The van der Waals surface area contributed by atoms with Crippen LogP contribution in [0.4, 0.5) is 5.69 Å². The molecule has 1 atom stereocenters. The van der Waals surface area contributed by atoms with Gasteiger partial charge in [-0.2, -0.15) is 0 Å². The Morgan fingerprint density at radius 3 is 2.78 bits per heavy atom. The molecule has 1 aromatic heterocycles. The first-order valence-electron chi connectivity index (χ1n) is 11.0. The van der Waals surface area contributed by atoms with Crippen LogP contribution in [0.15, 0.2) is 53.7 Å². The highest BCUT2D eigenvalue weighted by molar-refractivity contribution is 7.99. The summed E-state index contributed by atoms with van der Waals surface area (Å²) in [7, 11) is 0. The third-order valence-electron chi connectivity index (χ3n) is 5.97. The fourth-order valence-electron chi connectivity index (χ4n) is 4.36. The van der Waals surface area contributed by atoms with E-state index in [0.717, 1.165) is 61.1 Å². The Labute approximate surface area is 196 Å². The quantitative estimate of drug-likeness (QED) is 0.484. The third kappa shape index (κ3) is 4.56. The number of hydrogen-bond acceptors (Lipinski definition) is 5. The van der Waals surface area contributed by atoms with Crippen molar-refractivity contribution in [2.24, 2.45) is 0 Å². The Morgan fingerprint density at radius 2 is 1.97 bits per heavy atom. The summed E-state index contributed by atoms with van der Waals surface area (Å²) in [4.78, 5) is 15.0. The number of hydrogen-bond donors (Lipinski definition) is 0. The molecule has 1 amide bonds. The summed E-state index contributed by atoms with van der Waals surface area (Å²) in [5.74, 6) is 1.19. The Hall–Kier alpha value is -2.35. The minimum Gasteiger partial charge on any atom is -0.376 e. The van der Waals surface area contributed by atoms with Gasteiger partial charge >= 0.3 is 0 Å². The van der Waals surface area contributed by atoms with Crippen LogP contribution in [-0.2, 0) is 22.5 Å². The summed E-state index contributed by atoms with van der Waals surface area (Å²) in [6, 6.07) is 15.8. The summed E-state index contributed by atoms with van der Waals surface area (Å²) >= 11 is 7.51. The molecule has 3 aromatic rings. The third-order valence-corrected chi connectivity index (χ3v) is 7.17. The summed E-state index contributed by atoms with van der Waals surface area (Å²) in [6.45, 7) is 2.22. The zero-order valence-corrected chi connectivity index (χ0v) is 19.3. The maximum absolute atomic E-state index is 13.1. The zero-order chi connectivity index (χ0) is 21.9. The number of fused-ring (bicyclic) bond motifs is 1. The van der Waals surface area contributed by atoms with Gasteiger partial charge in [0.1, 0.15) is 0 Å². The number of rotatable bonds is 6. The lowest BCUT2D eigenvalue weighted by Crippen LogP contribution is -2.36. The van der Waals surface area contributed by atoms with Crippen LogP contribution in [0.25, 0.3) is 11.4 Å². The minimum atomic E-state index is 0.0989. The summed E-state index contributed by atoms with van der Waals surface area (Å²) in [5, 5.41) is 10.3. The molecule has 6 nitrogen and oxygen atoms in total. The van der Waals surface area contributed by atoms with E-state index in [1.807, 2.05) is 47.4 Å². The van der Waals surface area contributed by atoms with E-state index in [2.05, 4.69) is 20.8 Å². The van der Waals surface area contributed by atoms with Crippen molar-refractivity contribution in [2.75, 3.05) is 23.8 Å². The predicted octanol–water partition coefficient (Wildman–Crippen LogP) is 4.85. The number of halogens is 1. The van der Waals surface area contributed by atoms with Gasteiger partial charge < -0.3 is 9.64 Å². The molecule has 3 heterocycles. The Bertz CT molecular complexity index is 1100. The number of carbonyl (C=O) groups excluding carboxylic acids is 1. The molecule has 1 fully saturated rings. The van der Waals surface area contributed by atoms with Crippen molar-refractivity contribution >= 4 is 35.0 Å². The SMILES string of the molecule is O=C(CSc1nnc(-c2ccc(Cl)cc2)n1C[C@@H]1CCCO1)N1CCCc2ccccc21. The lowest BCUT2D eigenvalue weighted by atomic mass is 10.0. The van der Waals surface area contributed by atoms with E-state index in [0.29, 0.717) is 17.3 Å². The molecule has 0 aliphatic carbocycles. The fraction of sp³-hybridized carbons (Fsp3) is 0.375. The van der Waals surface area contributed by atoms with Gasteiger partial charge in [-0.05, 0) is 61.6 Å². The van der Waals surface area contributed by atoms with E-state index < -0.39 is 0 Å². The first-order valence-corrected chi connectivity index (χ1v) is 12.4. The van der Waals surface area contributed by atoms with E-state index in [-0.39, 0.29) is 12.0 Å². The van der Waals surface area contributed by atoms with Crippen LogP contribution in [0.3, 0.4) is 0 Å². The van der Waals surface area contributed by atoms with E-state index in [1.165, 1.54) is 17.3 Å². The van der Waals surface area contributed by atoms with Crippen LogP contribution in [0, 0.1) is 0 Å². The van der Waals surface area contributed by atoms with Gasteiger partial charge in [-0.25, -0.2) is 0 Å². The number of ether oxygens (including phenoxy) is 1. The van der Waals surface area contributed by atoms with Crippen molar-refractivity contribution in [2.45, 2.75) is 43.5 Å². The molecule has 32 heavy (non-hydrogen) atoms. The largest absolute Gasteiger partial charge is 0.376 e. The molecule has 1 saturated heterocycles. The molecular formula is C24H25ClN4O2S. The highest BCUT2D eigenvalue weighted by Crippen LogP contribution is 2.30. The number of aromatic nitrogens is 3. The molecule has 0 saturated carbocycles. The average molecular weight is 469 g/mol. The van der Waals surface area contributed by atoms with Crippen LogP contribution in [0.2, 0.25) is 5.02 Å². The van der Waals surface area contributed by atoms with E-state index in [1.54, 1.807) is 0 Å². The van der Waals surface area contributed by atoms with Crippen molar-refractivity contribution in [3.8, 4) is 11.4 Å². The highest BCUT2D eigenvalue weighted by atomic mass is 35.5.